The molecule has 1 fully saturated rings. The average Bonchev–Trinajstić information content (AvgIpc) is 3.17. The van der Waals surface area contributed by atoms with Gasteiger partial charge in [0.15, 0.2) is 0 Å². The largest absolute Gasteiger partial charge is 0.508 e. The number of rotatable bonds is 5. The molecule has 0 aromatic heterocycles. The third kappa shape index (κ3) is 4.09. The Morgan fingerprint density at radius 1 is 1.12 bits per heavy atom. The van der Waals surface area contributed by atoms with Crippen LogP contribution in [0.2, 0.25) is 0 Å². The lowest BCUT2D eigenvalue weighted by molar-refractivity contribution is 0.0955. The summed E-state index contributed by atoms with van der Waals surface area (Å²) in [6, 6.07) is 12.2. The van der Waals surface area contributed by atoms with E-state index >= 15 is 0 Å². The zero-order chi connectivity index (χ0) is 18.6. The van der Waals surface area contributed by atoms with E-state index in [1.165, 1.54) is 46.9 Å². The van der Waals surface area contributed by atoms with Crippen LogP contribution in [0.5, 0.6) is 5.75 Å². The molecule has 26 heavy (non-hydrogen) atoms. The quantitative estimate of drug-likeness (QED) is 0.618. The van der Waals surface area contributed by atoms with Crippen molar-refractivity contribution >= 4 is 22.1 Å². The third-order valence-electron chi connectivity index (χ3n) is 4.07. The highest BCUT2D eigenvalue weighted by Gasteiger charge is 2.27. The number of amides is 1. The van der Waals surface area contributed by atoms with E-state index in [0.717, 1.165) is 12.8 Å². The molecule has 0 spiro atoms. The molecule has 0 saturated carbocycles. The first-order chi connectivity index (χ1) is 12.5. The van der Waals surface area contributed by atoms with E-state index in [0.29, 0.717) is 24.2 Å². The highest BCUT2D eigenvalue weighted by molar-refractivity contribution is 7.89. The Hall–Kier alpha value is -2.71. The van der Waals surface area contributed by atoms with Crippen LogP contribution in [0.25, 0.3) is 0 Å². The molecule has 3 rings (SSSR count). The summed E-state index contributed by atoms with van der Waals surface area (Å²) >= 11 is 0. The first kappa shape index (κ1) is 18.1. The maximum atomic E-state index is 12.5. The van der Waals surface area contributed by atoms with Gasteiger partial charge < -0.3 is 5.11 Å². The van der Waals surface area contributed by atoms with Gasteiger partial charge in [-0.05, 0) is 54.8 Å². The number of benzene rings is 2. The van der Waals surface area contributed by atoms with Crippen LogP contribution >= 0.6 is 0 Å². The van der Waals surface area contributed by atoms with E-state index in [4.69, 9.17) is 0 Å². The fraction of sp³-hybridized carbons (Fsp3) is 0.222. The molecule has 8 heteroatoms. The predicted octanol–water partition coefficient (Wildman–Crippen LogP) is 1.94. The predicted molar refractivity (Wildman–Crippen MR) is 97.6 cm³/mol. The van der Waals surface area contributed by atoms with Crippen molar-refractivity contribution in [2.24, 2.45) is 5.10 Å². The molecule has 7 nitrogen and oxygen atoms in total. The molecule has 0 atom stereocenters. The van der Waals surface area contributed by atoms with Gasteiger partial charge in [-0.15, -0.1) is 0 Å². The van der Waals surface area contributed by atoms with Crippen LogP contribution in [-0.4, -0.2) is 43.0 Å². The SMILES string of the molecule is O=C(N/N=C\c1cccc(O)c1)c1ccc(S(=O)(=O)N2CCCC2)cc1. The monoisotopic (exact) mass is 373 g/mol. The van der Waals surface area contributed by atoms with Gasteiger partial charge in [0, 0.05) is 18.7 Å². The van der Waals surface area contributed by atoms with Crippen LogP contribution < -0.4 is 5.43 Å². The standard InChI is InChI=1S/C18H19N3O4S/c22-16-5-3-4-14(12-16)13-19-20-18(23)15-6-8-17(9-7-15)26(24,25)21-10-1-2-11-21/h3-9,12-13,22H,1-2,10-11H2,(H,20,23)/b19-13-. The number of sulfonamides is 1. The van der Waals surface area contributed by atoms with E-state index < -0.39 is 15.9 Å². The minimum atomic E-state index is -3.49. The third-order valence-corrected chi connectivity index (χ3v) is 5.98. The zero-order valence-corrected chi connectivity index (χ0v) is 14.8. The molecule has 0 unspecified atom stereocenters. The minimum Gasteiger partial charge on any atom is -0.508 e. The molecular weight excluding hydrogens is 354 g/mol. The summed E-state index contributed by atoms with van der Waals surface area (Å²) in [4.78, 5) is 12.3. The number of hydrogen-bond donors (Lipinski definition) is 2. The molecule has 0 radical (unpaired) electrons. The number of nitrogens with zero attached hydrogens (tertiary/aromatic N) is 2. The summed E-state index contributed by atoms with van der Waals surface area (Å²) in [5.74, 6) is -0.346. The maximum Gasteiger partial charge on any atom is 0.271 e. The van der Waals surface area contributed by atoms with Gasteiger partial charge in [-0.1, -0.05) is 12.1 Å². The highest BCUT2D eigenvalue weighted by Crippen LogP contribution is 2.21. The summed E-state index contributed by atoms with van der Waals surface area (Å²) < 4.78 is 26.4. The first-order valence-corrected chi connectivity index (χ1v) is 9.63. The lowest BCUT2D eigenvalue weighted by atomic mass is 10.2. The van der Waals surface area contributed by atoms with Crippen molar-refractivity contribution in [1.82, 2.24) is 9.73 Å². The molecule has 0 aliphatic carbocycles. The Bertz CT molecular complexity index is 918. The van der Waals surface area contributed by atoms with Crippen molar-refractivity contribution in [3.05, 3.63) is 59.7 Å². The van der Waals surface area contributed by atoms with Gasteiger partial charge in [-0.25, -0.2) is 13.8 Å². The molecule has 1 heterocycles. The van der Waals surface area contributed by atoms with Crippen molar-refractivity contribution in [2.75, 3.05) is 13.1 Å². The van der Waals surface area contributed by atoms with Crippen LogP contribution in [0.3, 0.4) is 0 Å². The molecule has 2 aromatic rings. The zero-order valence-electron chi connectivity index (χ0n) is 14.0. The topological polar surface area (TPSA) is 99.1 Å². The van der Waals surface area contributed by atoms with Crippen LogP contribution in [0, 0.1) is 0 Å². The van der Waals surface area contributed by atoms with Crippen LogP contribution in [0.15, 0.2) is 58.5 Å². The molecule has 0 bridgehead atoms. The van der Waals surface area contributed by atoms with Gasteiger partial charge >= 0.3 is 0 Å². The maximum absolute atomic E-state index is 12.5. The smallest absolute Gasteiger partial charge is 0.271 e. The van der Waals surface area contributed by atoms with Crippen LogP contribution in [0.4, 0.5) is 0 Å². The van der Waals surface area contributed by atoms with Gasteiger partial charge in [0.1, 0.15) is 5.75 Å². The molecular formula is C18H19N3O4S. The number of nitrogens with one attached hydrogen (secondary N) is 1. The number of phenolic OH excluding ortho intramolecular Hbond substituents is 1. The second kappa shape index (κ2) is 7.67. The molecule has 136 valence electrons. The summed E-state index contributed by atoms with van der Waals surface area (Å²) in [5, 5.41) is 13.2. The first-order valence-electron chi connectivity index (χ1n) is 8.19. The lowest BCUT2D eigenvalue weighted by Gasteiger charge is -2.15. The van der Waals surface area contributed by atoms with Gasteiger partial charge in [0.05, 0.1) is 11.1 Å². The molecule has 1 aliphatic rings. The number of phenols is 1. The number of carbonyl (C=O) groups excluding carboxylic acids is 1. The van der Waals surface area contributed by atoms with Crippen molar-refractivity contribution in [3.8, 4) is 5.75 Å². The number of carbonyl (C=O) groups is 1. The van der Waals surface area contributed by atoms with Gasteiger partial charge in [-0.2, -0.15) is 9.41 Å². The summed E-state index contributed by atoms with van der Waals surface area (Å²) in [6.07, 6.45) is 3.15. The molecule has 1 amide bonds. The molecule has 1 saturated heterocycles. The summed E-state index contributed by atoms with van der Waals surface area (Å²) in [5.41, 5.74) is 3.31. The van der Waals surface area contributed by atoms with E-state index in [9.17, 15) is 18.3 Å². The number of hydrazone groups is 1. The van der Waals surface area contributed by atoms with Crippen molar-refractivity contribution in [3.63, 3.8) is 0 Å². The Morgan fingerprint density at radius 2 is 1.81 bits per heavy atom. The van der Waals surface area contributed by atoms with Gasteiger partial charge in [-0.3, -0.25) is 4.79 Å². The molecule has 2 N–H and O–H groups in total. The Kier molecular flexibility index (Phi) is 5.34. The van der Waals surface area contributed by atoms with E-state index in [-0.39, 0.29) is 10.6 Å². The van der Waals surface area contributed by atoms with E-state index in [1.54, 1.807) is 12.1 Å². The minimum absolute atomic E-state index is 0.107. The van der Waals surface area contributed by atoms with Crippen molar-refractivity contribution in [1.29, 1.82) is 0 Å². The second-order valence-corrected chi connectivity index (χ2v) is 7.87. The summed E-state index contributed by atoms with van der Waals surface area (Å²) in [6.45, 7) is 1.07. The summed E-state index contributed by atoms with van der Waals surface area (Å²) in [7, 11) is -3.49. The Morgan fingerprint density at radius 3 is 2.46 bits per heavy atom. The fourth-order valence-electron chi connectivity index (χ4n) is 2.69. The Labute approximate surface area is 152 Å². The van der Waals surface area contributed by atoms with Crippen LogP contribution in [0.1, 0.15) is 28.8 Å². The molecule has 1 aliphatic heterocycles. The Balaban J connectivity index is 1.65. The van der Waals surface area contributed by atoms with E-state index in [2.05, 4.69) is 10.5 Å². The highest BCUT2D eigenvalue weighted by atomic mass is 32.2. The fourth-order valence-corrected chi connectivity index (χ4v) is 4.21. The number of hydrogen-bond acceptors (Lipinski definition) is 5. The van der Waals surface area contributed by atoms with Crippen molar-refractivity contribution < 1.29 is 18.3 Å². The van der Waals surface area contributed by atoms with Crippen LogP contribution in [-0.2, 0) is 10.0 Å². The van der Waals surface area contributed by atoms with E-state index in [1.807, 2.05) is 0 Å². The van der Waals surface area contributed by atoms with Crippen molar-refractivity contribution in [2.45, 2.75) is 17.7 Å². The second-order valence-electron chi connectivity index (χ2n) is 5.93. The normalized spacial score (nSPS) is 15.4. The number of aromatic hydroxyl groups is 1. The van der Waals surface area contributed by atoms with Gasteiger partial charge in [0.2, 0.25) is 10.0 Å². The van der Waals surface area contributed by atoms with Gasteiger partial charge in [0.25, 0.3) is 5.91 Å². The average molecular weight is 373 g/mol. The molecule has 2 aromatic carbocycles. The lowest BCUT2D eigenvalue weighted by Crippen LogP contribution is -2.28.